The maximum absolute atomic E-state index is 12.5. The van der Waals surface area contributed by atoms with Gasteiger partial charge in [0.15, 0.2) is 5.69 Å². The first kappa shape index (κ1) is 16.5. The second kappa shape index (κ2) is 6.63. The van der Waals surface area contributed by atoms with E-state index in [0.29, 0.717) is 29.5 Å². The van der Waals surface area contributed by atoms with Gasteiger partial charge in [-0.25, -0.2) is 0 Å². The molecule has 0 radical (unpaired) electrons. The Labute approximate surface area is 138 Å². The average molecular weight is 319 g/mol. The molecule has 2 fully saturated rings. The monoisotopic (exact) mass is 319 g/mol. The lowest BCUT2D eigenvalue weighted by Crippen LogP contribution is -2.41. The van der Waals surface area contributed by atoms with Crippen LogP contribution in [0.2, 0.25) is 0 Å². The van der Waals surface area contributed by atoms with Crippen molar-refractivity contribution in [3.05, 3.63) is 17.5 Å². The third kappa shape index (κ3) is 3.94. The lowest BCUT2D eigenvalue weighted by atomic mass is 9.93. The summed E-state index contributed by atoms with van der Waals surface area (Å²) in [7, 11) is 0. The molecule has 2 heterocycles. The molecular weight excluding hydrogens is 290 g/mol. The number of carbonyl (C=O) groups excluding carboxylic acids is 1. The molecule has 1 saturated heterocycles. The van der Waals surface area contributed by atoms with Crippen molar-refractivity contribution in [3.8, 4) is 0 Å². The Balaban J connectivity index is 1.64. The topological polar surface area (TPSA) is 58.4 Å². The van der Waals surface area contributed by atoms with E-state index in [1.807, 2.05) is 6.07 Å². The molecule has 128 valence electrons. The number of likely N-dealkylation sites (tertiary alicyclic amines) is 1. The van der Waals surface area contributed by atoms with Gasteiger partial charge >= 0.3 is 0 Å². The van der Waals surface area contributed by atoms with Gasteiger partial charge in [0.2, 0.25) is 0 Å². The van der Waals surface area contributed by atoms with Crippen LogP contribution < -0.4 is 5.32 Å². The fourth-order valence-corrected chi connectivity index (χ4v) is 3.53. The van der Waals surface area contributed by atoms with Gasteiger partial charge in [-0.1, -0.05) is 19.0 Å². The van der Waals surface area contributed by atoms with Crippen LogP contribution in [0.25, 0.3) is 0 Å². The van der Waals surface area contributed by atoms with E-state index in [1.54, 1.807) is 0 Å². The number of rotatable bonds is 6. The summed E-state index contributed by atoms with van der Waals surface area (Å²) in [5, 5.41) is 7.16. The van der Waals surface area contributed by atoms with Crippen LogP contribution in [0.4, 0.5) is 0 Å². The van der Waals surface area contributed by atoms with Crippen molar-refractivity contribution in [1.82, 2.24) is 15.4 Å². The molecule has 1 aromatic heterocycles. The van der Waals surface area contributed by atoms with Crippen LogP contribution in [-0.4, -0.2) is 41.1 Å². The van der Waals surface area contributed by atoms with Crippen LogP contribution >= 0.6 is 0 Å². The van der Waals surface area contributed by atoms with Crippen LogP contribution in [0.1, 0.15) is 69.1 Å². The van der Waals surface area contributed by atoms with E-state index in [1.165, 1.54) is 0 Å². The van der Waals surface area contributed by atoms with E-state index in [0.717, 1.165) is 38.1 Å². The fourth-order valence-electron chi connectivity index (χ4n) is 3.53. The Kier molecular flexibility index (Phi) is 4.76. The van der Waals surface area contributed by atoms with E-state index < -0.39 is 0 Å². The minimum absolute atomic E-state index is 0.0926. The molecule has 2 aliphatic rings. The first-order valence-electron chi connectivity index (χ1n) is 8.95. The van der Waals surface area contributed by atoms with E-state index in [-0.39, 0.29) is 11.9 Å². The van der Waals surface area contributed by atoms with Gasteiger partial charge in [0.25, 0.3) is 5.91 Å². The summed E-state index contributed by atoms with van der Waals surface area (Å²) < 4.78 is 5.30. The average Bonchev–Trinajstić information content (AvgIpc) is 3.07. The van der Waals surface area contributed by atoms with Gasteiger partial charge in [-0.3, -0.25) is 9.69 Å². The molecule has 1 amide bonds. The molecule has 23 heavy (non-hydrogen) atoms. The Morgan fingerprint density at radius 2 is 2.09 bits per heavy atom. The molecule has 1 aliphatic heterocycles. The van der Waals surface area contributed by atoms with Crippen molar-refractivity contribution in [1.29, 1.82) is 0 Å². The van der Waals surface area contributed by atoms with Gasteiger partial charge in [-0.15, -0.1) is 0 Å². The Hall–Kier alpha value is -1.36. The van der Waals surface area contributed by atoms with Gasteiger partial charge in [-0.2, -0.15) is 0 Å². The molecule has 2 atom stereocenters. The van der Waals surface area contributed by atoms with Crippen molar-refractivity contribution in [2.24, 2.45) is 11.8 Å². The molecule has 5 nitrogen and oxygen atoms in total. The molecule has 1 aromatic rings. The van der Waals surface area contributed by atoms with E-state index >= 15 is 0 Å². The molecule has 0 aromatic carbocycles. The fraction of sp³-hybridized carbons (Fsp3) is 0.778. The highest BCUT2D eigenvalue weighted by atomic mass is 16.5. The van der Waals surface area contributed by atoms with Crippen molar-refractivity contribution in [2.75, 3.05) is 13.1 Å². The maximum atomic E-state index is 12.5. The lowest BCUT2D eigenvalue weighted by molar-refractivity contribution is 0.0918. The number of aromatic nitrogens is 1. The molecule has 3 rings (SSSR count). The van der Waals surface area contributed by atoms with Gasteiger partial charge in [0.1, 0.15) is 5.76 Å². The van der Waals surface area contributed by atoms with Crippen molar-refractivity contribution in [2.45, 2.75) is 65.0 Å². The molecule has 0 unspecified atom stereocenters. The van der Waals surface area contributed by atoms with Crippen LogP contribution in [-0.2, 0) is 0 Å². The highest BCUT2D eigenvalue weighted by Crippen LogP contribution is 2.40. The zero-order valence-electron chi connectivity index (χ0n) is 14.7. The highest BCUT2D eigenvalue weighted by Gasteiger charge is 2.36. The predicted molar refractivity (Wildman–Crippen MR) is 89.4 cm³/mol. The summed E-state index contributed by atoms with van der Waals surface area (Å²) in [6.45, 7) is 10.9. The van der Waals surface area contributed by atoms with Crippen molar-refractivity contribution < 1.29 is 9.32 Å². The SMILES string of the molecule is CC(C)C[C@H]1CN(C(C)C)C[C@@H]1NC(=O)c1cc(C2CC2)on1. The first-order chi connectivity index (χ1) is 10.9. The lowest BCUT2D eigenvalue weighted by Gasteiger charge is -2.20. The Morgan fingerprint density at radius 3 is 2.70 bits per heavy atom. The first-order valence-corrected chi connectivity index (χ1v) is 8.95. The molecule has 0 spiro atoms. The van der Waals surface area contributed by atoms with Crippen molar-refractivity contribution in [3.63, 3.8) is 0 Å². The molecule has 1 aliphatic carbocycles. The summed E-state index contributed by atoms with van der Waals surface area (Å²) >= 11 is 0. The van der Waals surface area contributed by atoms with E-state index in [4.69, 9.17) is 4.52 Å². The summed E-state index contributed by atoms with van der Waals surface area (Å²) in [4.78, 5) is 15.0. The van der Waals surface area contributed by atoms with Crippen LogP contribution in [0.15, 0.2) is 10.6 Å². The molecule has 1 N–H and O–H groups in total. The van der Waals surface area contributed by atoms with Crippen LogP contribution in [0, 0.1) is 11.8 Å². The largest absolute Gasteiger partial charge is 0.360 e. The Bertz CT molecular complexity index is 548. The normalized spacial score (nSPS) is 25.5. The van der Waals surface area contributed by atoms with Gasteiger partial charge < -0.3 is 9.84 Å². The predicted octanol–water partition coefficient (Wildman–Crippen LogP) is 3.04. The van der Waals surface area contributed by atoms with E-state index in [9.17, 15) is 4.79 Å². The second-order valence-corrected chi connectivity index (χ2v) is 7.91. The van der Waals surface area contributed by atoms with Crippen molar-refractivity contribution >= 4 is 5.91 Å². The highest BCUT2D eigenvalue weighted by molar-refractivity contribution is 5.92. The maximum Gasteiger partial charge on any atom is 0.273 e. The van der Waals surface area contributed by atoms with Gasteiger partial charge in [-0.05, 0) is 44.9 Å². The number of nitrogens with one attached hydrogen (secondary N) is 1. The minimum atomic E-state index is -0.0926. The zero-order chi connectivity index (χ0) is 16.6. The third-order valence-electron chi connectivity index (χ3n) is 5.03. The quantitative estimate of drug-likeness (QED) is 0.875. The van der Waals surface area contributed by atoms with Gasteiger partial charge in [0.05, 0.1) is 0 Å². The summed E-state index contributed by atoms with van der Waals surface area (Å²) in [6, 6.07) is 2.54. The summed E-state index contributed by atoms with van der Waals surface area (Å²) in [6.07, 6.45) is 3.44. The van der Waals surface area contributed by atoms with Crippen LogP contribution in [0.5, 0.6) is 0 Å². The number of carbonyl (C=O) groups is 1. The zero-order valence-corrected chi connectivity index (χ0v) is 14.7. The van der Waals surface area contributed by atoms with Gasteiger partial charge in [0, 0.05) is 37.2 Å². The molecular formula is C18H29N3O2. The number of hydrogen-bond acceptors (Lipinski definition) is 4. The molecule has 5 heteroatoms. The Morgan fingerprint density at radius 1 is 1.35 bits per heavy atom. The smallest absolute Gasteiger partial charge is 0.273 e. The standard InChI is InChI=1S/C18H29N3O2/c1-11(2)7-14-9-21(12(3)4)10-16(14)19-18(22)15-8-17(23-20-15)13-5-6-13/h8,11-14,16H,5-7,9-10H2,1-4H3,(H,19,22)/t14-,16-/m0/s1. The second-order valence-electron chi connectivity index (χ2n) is 7.91. The number of hydrogen-bond donors (Lipinski definition) is 1. The summed E-state index contributed by atoms with van der Waals surface area (Å²) in [5.74, 6) is 2.41. The van der Waals surface area contributed by atoms with E-state index in [2.05, 4.69) is 43.1 Å². The van der Waals surface area contributed by atoms with Crippen LogP contribution in [0.3, 0.4) is 0 Å². The molecule has 0 bridgehead atoms. The summed E-state index contributed by atoms with van der Waals surface area (Å²) in [5.41, 5.74) is 0.429. The number of amides is 1. The minimum Gasteiger partial charge on any atom is -0.360 e. The molecule has 1 saturated carbocycles. The third-order valence-corrected chi connectivity index (χ3v) is 5.03. The number of nitrogens with zero attached hydrogens (tertiary/aromatic N) is 2.